The monoisotopic (exact) mass is 294 g/mol. The number of ether oxygens (including phenoxy) is 1. The normalized spacial score (nSPS) is 20.4. The Hall–Kier alpha value is -1.38. The number of aryl methyl sites for hydroxylation is 3. The van der Waals surface area contributed by atoms with Crippen molar-refractivity contribution in [2.24, 2.45) is 7.05 Å². The van der Waals surface area contributed by atoms with Crippen LogP contribution >= 0.6 is 11.3 Å². The molecule has 1 fully saturated rings. The van der Waals surface area contributed by atoms with Gasteiger partial charge in [0.15, 0.2) is 0 Å². The Morgan fingerprint density at radius 1 is 1.40 bits per heavy atom. The third kappa shape index (κ3) is 2.87. The van der Waals surface area contributed by atoms with E-state index in [-0.39, 0.29) is 6.10 Å². The van der Waals surface area contributed by atoms with Crippen LogP contribution in [0.15, 0.2) is 0 Å². The number of aromatic nitrogens is 5. The van der Waals surface area contributed by atoms with Crippen molar-refractivity contribution in [3.63, 3.8) is 0 Å². The van der Waals surface area contributed by atoms with Crippen LogP contribution < -0.4 is 0 Å². The van der Waals surface area contributed by atoms with Crippen molar-refractivity contribution < 1.29 is 4.74 Å². The molecule has 8 heteroatoms. The van der Waals surface area contributed by atoms with E-state index >= 15 is 0 Å². The minimum atomic E-state index is -0.0976. The zero-order chi connectivity index (χ0) is 14.1. The molecule has 108 valence electrons. The van der Waals surface area contributed by atoms with Gasteiger partial charge in [-0.25, -0.2) is 4.98 Å². The summed E-state index contributed by atoms with van der Waals surface area (Å²) in [5, 5.41) is 13.3. The number of rotatable bonds is 3. The van der Waals surface area contributed by atoms with Crippen molar-refractivity contribution in [3.8, 4) is 0 Å². The van der Waals surface area contributed by atoms with E-state index in [2.05, 4.69) is 39.1 Å². The SMILES string of the molecule is Cc1nc(CN2CCOC(c3nnn(C)n3)C2)sc1C. The highest BCUT2D eigenvalue weighted by Gasteiger charge is 2.26. The van der Waals surface area contributed by atoms with Gasteiger partial charge >= 0.3 is 0 Å². The minimum absolute atomic E-state index is 0.0976. The van der Waals surface area contributed by atoms with Crippen molar-refractivity contribution in [2.45, 2.75) is 26.5 Å². The van der Waals surface area contributed by atoms with E-state index in [0.29, 0.717) is 12.4 Å². The summed E-state index contributed by atoms with van der Waals surface area (Å²) < 4.78 is 5.74. The Labute approximate surface area is 121 Å². The number of morpholine rings is 1. The molecular formula is C12H18N6OS. The summed E-state index contributed by atoms with van der Waals surface area (Å²) in [6, 6.07) is 0. The molecule has 0 bridgehead atoms. The Balaban J connectivity index is 1.66. The first-order valence-corrected chi connectivity index (χ1v) is 7.44. The lowest BCUT2D eigenvalue weighted by Crippen LogP contribution is -2.38. The summed E-state index contributed by atoms with van der Waals surface area (Å²) in [6.45, 7) is 7.41. The molecule has 2 aromatic rings. The fourth-order valence-electron chi connectivity index (χ4n) is 2.23. The molecule has 1 saturated heterocycles. The molecule has 1 aliphatic rings. The average molecular weight is 294 g/mol. The van der Waals surface area contributed by atoms with Crippen LogP contribution in [-0.2, 0) is 18.3 Å². The number of thiazole rings is 1. The topological polar surface area (TPSA) is 69.0 Å². The van der Waals surface area contributed by atoms with E-state index in [1.807, 2.05) is 0 Å². The van der Waals surface area contributed by atoms with Crippen LogP contribution in [0.25, 0.3) is 0 Å². The summed E-state index contributed by atoms with van der Waals surface area (Å²) in [7, 11) is 1.76. The second kappa shape index (κ2) is 5.55. The van der Waals surface area contributed by atoms with Gasteiger partial charge in [0, 0.05) is 18.0 Å². The van der Waals surface area contributed by atoms with Crippen LogP contribution in [0.1, 0.15) is 27.5 Å². The number of tetrazole rings is 1. The van der Waals surface area contributed by atoms with E-state index in [4.69, 9.17) is 4.74 Å². The smallest absolute Gasteiger partial charge is 0.204 e. The summed E-state index contributed by atoms with van der Waals surface area (Å²) >= 11 is 1.77. The van der Waals surface area contributed by atoms with Crippen molar-refractivity contribution in [1.29, 1.82) is 0 Å². The summed E-state index contributed by atoms with van der Waals surface area (Å²) in [5.41, 5.74) is 1.13. The first-order valence-electron chi connectivity index (χ1n) is 6.62. The van der Waals surface area contributed by atoms with Crippen LogP contribution in [0, 0.1) is 13.8 Å². The van der Waals surface area contributed by atoms with Gasteiger partial charge in [-0.2, -0.15) is 4.80 Å². The number of hydrogen-bond donors (Lipinski definition) is 0. The molecule has 0 N–H and O–H groups in total. The van der Waals surface area contributed by atoms with Crippen LogP contribution in [0.3, 0.4) is 0 Å². The molecule has 3 rings (SSSR count). The van der Waals surface area contributed by atoms with Gasteiger partial charge in [-0.3, -0.25) is 4.90 Å². The molecule has 0 saturated carbocycles. The molecule has 0 aliphatic carbocycles. The Morgan fingerprint density at radius 2 is 2.25 bits per heavy atom. The van der Waals surface area contributed by atoms with E-state index in [9.17, 15) is 0 Å². The Bertz CT molecular complexity index is 575. The molecule has 3 heterocycles. The lowest BCUT2D eigenvalue weighted by Gasteiger charge is -2.30. The van der Waals surface area contributed by atoms with Gasteiger partial charge in [-0.15, -0.1) is 21.5 Å². The minimum Gasteiger partial charge on any atom is -0.367 e. The predicted octanol–water partition coefficient (Wildman–Crippen LogP) is 0.857. The molecule has 0 aromatic carbocycles. The van der Waals surface area contributed by atoms with E-state index in [1.165, 1.54) is 9.67 Å². The first kappa shape index (κ1) is 13.6. The fraction of sp³-hybridized carbons (Fsp3) is 0.667. The molecule has 20 heavy (non-hydrogen) atoms. The second-order valence-electron chi connectivity index (χ2n) is 4.98. The third-order valence-corrected chi connectivity index (χ3v) is 4.45. The van der Waals surface area contributed by atoms with Crippen molar-refractivity contribution in [3.05, 3.63) is 21.4 Å². The van der Waals surface area contributed by atoms with Gasteiger partial charge in [-0.05, 0) is 19.1 Å². The van der Waals surface area contributed by atoms with Crippen molar-refractivity contribution in [2.75, 3.05) is 19.7 Å². The maximum Gasteiger partial charge on any atom is 0.204 e. The quantitative estimate of drug-likeness (QED) is 0.836. The van der Waals surface area contributed by atoms with Gasteiger partial charge in [-0.1, -0.05) is 0 Å². The van der Waals surface area contributed by atoms with Crippen LogP contribution in [-0.4, -0.2) is 49.8 Å². The van der Waals surface area contributed by atoms with Crippen LogP contribution in [0.5, 0.6) is 0 Å². The first-order chi connectivity index (χ1) is 9.61. The number of nitrogens with zero attached hydrogens (tertiary/aromatic N) is 6. The standard InChI is InChI=1S/C12H18N6OS/c1-8-9(2)20-11(13-8)7-18-4-5-19-10(6-18)12-14-16-17(3)15-12/h10H,4-7H2,1-3H3. The van der Waals surface area contributed by atoms with Gasteiger partial charge in [0.25, 0.3) is 0 Å². The fourth-order valence-corrected chi connectivity index (χ4v) is 3.20. The van der Waals surface area contributed by atoms with Crippen molar-refractivity contribution >= 4 is 11.3 Å². The van der Waals surface area contributed by atoms with Gasteiger partial charge < -0.3 is 4.74 Å². The van der Waals surface area contributed by atoms with E-state index < -0.39 is 0 Å². The molecule has 1 aliphatic heterocycles. The summed E-state index contributed by atoms with van der Waals surface area (Å²) in [5.74, 6) is 0.656. The maximum atomic E-state index is 5.74. The van der Waals surface area contributed by atoms with Gasteiger partial charge in [0.2, 0.25) is 5.82 Å². The Morgan fingerprint density at radius 3 is 2.90 bits per heavy atom. The number of hydrogen-bond acceptors (Lipinski definition) is 7. The lowest BCUT2D eigenvalue weighted by atomic mass is 10.2. The zero-order valence-corrected chi connectivity index (χ0v) is 12.7. The average Bonchev–Trinajstić information content (AvgIpc) is 2.97. The highest BCUT2D eigenvalue weighted by molar-refractivity contribution is 7.11. The van der Waals surface area contributed by atoms with Crippen LogP contribution in [0.2, 0.25) is 0 Å². The zero-order valence-electron chi connectivity index (χ0n) is 11.9. The van der Waals surface area contributed by atoms with Gasteiger partial charge in [0.05, 0.1) is 25.9 Å². The van der Waals surface area contributed by atoms with Crippen molar-refractivity contribution in [1.82, 2.24) is 30.1 Å². The van der Waals surface area contributed by atoms with Crippen LogP contribution in [0.4, 0.5) is 0 Å². The molecule has 0 spiro atoms. The Kier molecular flexibility index (Phi) is 3.77. The lowest BCUT2D eigenvalue weighted by molar-refractivity contribution is -0.0373. The molecule has 1 atom stereocenters. The van der Waals surface area contributed by atoms with Gasteiger partial charge in [0.1, 0.15) is 11.1 Å². The highest BCUT2D eigenvalue weighted by Crippen LogP contribution is 2.22. The third-order valence-electron chi connectivity index (χ3n) is 3.39. The van der Waals surface area contributed by atoms with E-state index in [0.717, 1.165) is 30.3 Å². The molecule has 0 amide bonds. The summed E-state index contributed by atoms with van der Waals surface area (Å²) in [4.78, 5) is 9.69. The predicted molar refractivity (Wildman–Crippen MR) is 74.4 cm³/mol. The molecule has 0 radical (unpaired) electrons. The second-order valence-corrected chi connectivity index (χ2v) is 6.27. The van der Waals surface area contributed by atoms with E-state index in [1.54, 1.807) is 18.4 Å². The molecule has 7 nitrogen and oxygen atoms in total. The molecular weight excluding hydrogens is 276 g/mol. The highest BCUT2D eigenvalue weighted by atomic mass is 32.1. The largest absolute Gasteiger partial charge is 0.367 e. The molecule has 2 aromatic heterocycles. The molecule has 1 unspecified atom stereocenters. The summed E-state index contributed by atoms with van der Waals surface area (Å²) in [6.07, 6.45) is -0.0976. The maximum absolute atomic E-state index is 5.74.